The highest BCUT2D eigenvalue weighted by molar-refractivity contribution is 5.86. The van der Waals surface area contributed by atoms with E-state index in [1.807, 2.05) is 30.3 Å². The Morgan fingerprint density at radius 2 is 1.48 bits per heavy atom. The Labute approximate surface area is 144 Å². The monoisotopic (exact) mass is 331 g/mol. The third-order valence-corrected chi connectivity index (χ3v) is 4.31. The zero-order valence-electron chi connectivity index (χ0n) is 13.4. The van der Waals surface area contributed by atoms with E-state index in [0.717, 1.165) is 5.39 Å². The van der Waals surface area contributed by atoms with Gasteiger partial charge in [-0.3, -0.25) is 4.98 Å². The minimum Gasteiger partial charge on any atom is -0.256 e. The number of benzene rings is 3. The van der Waals surface area contributed by atoms with Gasteiger partial charge in [0.1, 0.15) is 0 Å². The third kappa shape index (κ3) is 2.78. The van der Waals surface area contributed by atoms with Gasteiger partial charge in [-0.1, -0.05) is 66.7 Å². The predicted molar refractivity (Wildman–Crippen MR) is 96.6 cm³/mol. The molecule has 0 aliphatic heterocycles. The minimum atomic E-state index is -3.09. The summed E-state index contributed by atoms with van der Waals surface area (Å²) in [5.74, 6) is -3.09. The van der Waals surface area contributed by atoms with E-state index >= 15 is 8.78 Å². The molecule has 0 fully saturated rings. The number of alkyl halides is 2. The van der Waals surface area contributed by atoms with Gasteiger partial charge in [-0.2, -0.15) is 8.78 Å². The van der Waals surface area contributed by atoms with Crippen LogP contribution in [-0.2, 0) is 5.92 Å². The van der Waals surface area contributed by atoms with Gasteiger partial charge in [-0.25, -0.2) is 0 Å². The number of hydrogen-bond donors (Lipinski definition) is 0. The lowest BCUT2D eigenvalue weighted by molar-refractivity contribution is 0.0445. The number of pyridine rings is 1. The number of aromatic nitrogens is 1. The molecule has 0 amide bonds. The van der Waals surface area contributed by atoms with Crippen molar-refractivity contribution in [3.63, 3.8) is 0 Å². The first kappa shape index (κ1) is 15.5. The average molecular weight is 331 g/mol. The minimum absolute atomic E-state index is 0.0174. The van der Waals surface area contributed by atoms with Crippen LogP contribution in [0, 0.1) is 0 Å². The van der Waals surface area contributed by atoms with Crippen LogP contribution in [0.3, 0.4) is 0 Å². The molecule has 25 heavy (non-hydrogen) atoms. The first-order chi connectivity index (χ1) is 12.2. The Balaban J connectivity index is 1.85. The molecule has 0 atom stereocenters. The molecule has 1 nitrogen and oxygen atoms in total. The van der Waals surface area contributed by atoms with Gasteiger partial charge >= 0.3 is 0 Å². The maximum Gasteiger partial charge on any atom is 0.299 e. The van der Waals surface area contributed by atoms with Crippen LogP contribution in [0.5, 0.6) is 0 Å². The molecule has 0 saturated carbocycles. The molecule has 1 heterocycles. The fraction of sp³-hybridized carbons (Fsp3) is 0.0455. The number of halogens is 2. The summed E-state index contributed by atoms with van der Waals surface area (Å²) in [7, 11) is 0. The fourth-order valence-corrected chi connectivity index (χ4v) is 3.06. The van der Waals surface area contributed by atoms with Crippen LogP contribution in [0.1, 0.15) is 11.1 Å². The van der Waals surface area contributed by atoms with Crippen LogP contribution in [0.15, 0.2) is 91.1 Å². The Morgan fingerprint density at radius 3 is 2.32 bits per heavy atom. The Morgan fingerprint density at radius 1 is 0.720 bits per heavy atom. The molecule has 0 spiro atoms. The molecule has 1 aromatic heterocycles. The van der Waals surface area contributed by atoms with Crippen LogP contribution in [0.25, 0.3) is 22.0 Å². The highest BCUT2D eigenvalue weighted by Crippen LogP contribution is 2.40. The number of fused-ring (bicyclic) bond motifs is 1. The second-order valence-electron chi connectivity index (χ2n) is 5.90. The molecular formula is C22H15F2N. The fourth-order valence-electron chi connectivity index (χ4n) is 3.06. The highest BCUT2D eigenvalue weighted by Gasteiger charge is 2.35. The van der Waals surface area contributed by atoms with E-state index in [1.54, 1.807) is 42.6 Å². The molecule has 0 N–H and O–H groups in total. The molecule has 0 radical (unpaired) electrons. The molecule has 122 valence electrons. The number of rotatable bonds is 3. The van der Waals surface area contributed by atoms with Gasteiger partial charge < -0.3 is 0 Å². The van der Waals surface area contributed by atoms with Crippen LogP contribution in [0.2, 0.25) is 0 Å². The van der Waals surface area contributed by atoms with E-state index in [1.165, 1.54) is 18.2 Å². The standard InChI is InChI=1S/C22H15F2N/c23-22(24,20-12-6-8-16-7-1-2-11-19(16)20)18-10-5-9-17(15-18)21-13-3-4-14-25-21/h1-15H. The predicted octanol–water partition coefficient (Wildman–Crippen LogP) is 6.04. The first-order valence-electron chi connectivity index (χ1n) is 8.04. The van der Waals surface area contributed by atoms with Gasteiger partial charge in [-0.15, -0.1) is 0 Å². The highest BCUT2D eigenvalue weighted by atomic mass is 19.3. The molecule has 4 aromatic rings. The van der Waals surface area contributed by atoms with Crippen molar-refractivity contribution < 1.29 is 8.78 Å². The number of nitrogens with zero attached hydrogens (tertiary/aromatic N) is 1. The molecule has 0 aliphatic carbocycles. The molecule has 0 unspecified atom stereocenters. The second kappa shape index (κ2) is 6.10. The van der Waals surface area contributed by atoms with Crippen molar-refractivity contribution in [3.05, 3.63) is 102 Å². The third-order valence-electron chi connectivity index (χ3n) is 4.31. The van der Waals surface area contributed by atoms with Crippen LogP contribution in [0.4, 0.5) is 8.78 Å². The maximum atomic E-state index is 15.3. The summed E-state index contributed by atoms with van der Waals surface area (Å²) in [6.45, 7) is 0. The smallest absolute Gasteiger partial charge is 0.256 e. The van der Waals surface area contributed by atoms with Crippen molar-refractivity contribution in [2.75, 3.05) is 0 Å². The van der Waals surface area contributed by atoms with Gasteiger partial charge in [-0.05, 0) is 29.0 Å². The SMILES string of the molecule is FC(F)(c1cccc(-c2ccccn2)c1)c1cccc2ccccc12. The van der Waals surface area contributed by atoms with Crippen molar-refractivity contribution in [2.45, 2.75) is 5.92 Å². The molecule has 4 rings (SSSR count). The lowest BCUT2D eigenvalue weighted by atomic mass is 9.93. The normalized spacial score (nSPS) is 11.6. The zero-order chi connectivity index (χ0) is 17.3. The lowest BCUT2D eigenvalue weighted by Gasteiger charge is -2.20. The average Bonchev–Trinajstić information content (AvgIpc) is 2.68. The van der Waals surface area contributed by atoms with E-state index < -0.39 is 5.92 Å². The van der Waals surface area contributed by atoms with Gasteiger partial charge in [0, 0.05) is 22.9 Å². The van der Waals surface area contributed by atoms with Crippen LogP contribution < -0.4 is 0 Å². The molecule has 0 aliphatic rings. The Bertz CT molecular complexity index is 1020. The summed E-state index contributed by atoms with van der Waals surface area (Å²) in [5.41, 5.74) is 1.34. The molecule has 0 saturated heterocycles. The summed E-state index contributed by atoms with van der Waals surface area (Å²) in [4.78, 5) is 4.25. The van der Waals surface area contributed by atoms with E-state index in [4.69, 9.17) is 0 Å². The molecule has 3 heteroatoms. The summed E-state index contributed by atoms with van der Waals surface area (Å²) >= 11 is 0. The van der Waals surface area contributed by atoms with E-state index in [0.29, 0.717) is 16.6 Å². The van der Waals surface area contributed by atoms with Gasteiger partial charge in [0.05, 0.1) is 5.69 Å². The van der Waals surface area contributed by atoms with Gasteiger partial charge in [0.15, 0.2) is 0 Å². The van der Waals surface area contributed by atoms with Crippen molar-refractivity contribution >= 4 is 10.8 Å². The van der Waals surface area contributed by atoms with Crippen molar-refractivity contribution in [1.82, 2.24) is 4.98 Å². The maximum absolute atomic E-state index is 15.3. The number of hydrogen-bond acceptors (Lipinski definition) is 1. The van der Waals surface area contributed by atoms with Crippen molar-refractivity contribution in [1.29, 1.82) is 0 Å². The Kier molecular flexibility index (Phi) is 3.77. The largest absolute Gasteiger partial charge is 0.299 e. The van der Waals surface area contributed by atoms with Crippen molar-refractivity contribution in [2.24, 2.45) is 0 Å². The molecule has 0 bridgehead atoms. The summed E-state index contributed by atoms with van der Waals surface area (Å²) < 4.78 is 30.6. The first-order valence-corrected chi connectivity index (χ1v) is 8.04. The van der Waals surface area contributed by atoms with E-state index in [2.05, 4.69) is 4.98 Å². The zero-order valence-corrected chi connectivity index (χ0v) is 13.4. The Hall–Kier alpha value is -3.07. The topological polar surface area (TPSA) is 12.9 Å². The lowest BCUT2D eigenvalue weighted by Crippen LogP contribution is -2.15. The second-order valence-corrected chi connectivity index (χ2v) is 5.90. The molecule has 3 aromatic carbocycles. The van der Waals surface area contributed by atoms with Crippen molar-refractivity contribution in [3.8, 4) is 11.3 Å². The summed E-state index contributed by atoms with van der Waals surface area (Å²) in [6, 6.07) is 24.1. The molecular weight excluding hydrogens is 316 g/mol. The van der Waals surface area contributed by atoms with Crippen LogP contribution >= 0.6 is 0 Å². The van der Waals surface area contributed by atoms with E-state index in [9.17, 15) is 0 Å². The summed E-state index contributed by atoms with van der Waals surface area (Å²) in [6.07, 6.45) is 1.66. The summed E-state index contributed by atoms with van der Waals surface area (Å²) in [5, 5.41) is 1.37. The van der Waals surface area contributed by atoms with Crippen LogP contribution in [-0.4, -0.2) is 4.98 Å². The van der Waals surface area contributed by atoms with E-state index in [-0.39, 0.29) is 11.1 Å². The van der Waals surface area contributed by atoms with Gasteiger partial charge in [0.2, 0.25) is 0 Å². The quantitative estimate of drug-likeness (QED) is 0.446. The van der Waals surface area contributed by atoms with Gasteiger partial charge in [0.25, 0.3) is 5.92 Å².